The van der Waals surface area contributed by atoms with E-state index in [1.807, 2.05) is 13.0 Å². The van der Waals surface area contributed by atoms with Crippen LogP contribution in [0.1, 0.15) is 103 Å². The highest BCUT2D eigenvalue weighted by Gasteiger charge is 1.97. The van der Waals surface area contributed by atoms with Crippen molar-refractivity contribution in [2.45, 2.75) is 110 Å². The molecule has 0 N–H and O–H groups in total. The molecule has 0 saturated carbocycles. The minimum absolute atomic E-state index is 0.00816. The molecule has 0 heterocycles. The molecule has 0 saturated heterocycles. The van der Waals surface area contributed by atoms with Crippen molar-refractivity contribution in [2.24, 2.45) is 0 Å². The quantitative estimate of drug-likeness (QED) is 0.130. The first kappa shape index (κ1) is 22.9. The lowest BCUT2D eigenvalue weighted by Crippen LogP contribution is -2.11. The van der Waals surface area contributed by atoms with Crippen molar-refractivity contribution < 1.29 is 9.16 Å². The Bertz CT molecular complexity index is 234. The summed E-state index contributed by atoms with van der Waals surface area (Å²) < 4.78 is 10.7. The van der Waals surface area contributed by atoms with Crippen molar-refractivity contribution in [3.8, 4) is 0 Å². The van der Waals surface area contributed by atoms with Gasteiger partial charge in [0.15, 0.2) is 0 Å². The highest BCUT2D eigenvalue weighted by Crippen LogP contribution is 2.13. The van der Waals surface area contributed by atoms with Gasteiger partial charge in [-0.15, -0.1) is 6.58 Å². The molecule has 23 heavy (non-hydrogen) atoms. The van der Waals surface area contributed by atoms with Gasteiger partial charge in [0, 0.05) is 6.61 Å². The van der Waals surface area contributed by atoms with Gasteiger partial charge in [0.25, 0.3) is 0 Å². The number of hydrogen-bond donors (Lipinski definition) is 0. The van der Waals surface area contributed by atoms with E-state index < -0.39 is 0 Å². The van der Waals surface area contributed by atoms with Crippen LogP contribution in [0.25, 0.3) is 0 Å². The van der Waals surface area contributed by atoms with Crippen LogP contribution >= 0.6 is 0 Å². The average molecular weight is 343 g/mol. The third kappa shape index (κ3) is 19.8. The van der Waals surface area contributed by atoms with Gasteiger partial charge >= 0.3 is 0 Å². The predicted octanol–water partition coefficient (Wildman–Crippen LogP) is 5.68. The van der Waals surface area contributed by atoms with Crippen LogP contribution in [0.3, 0.4) is 0 Å². The highest BCUT2D eigenvalue weighted by molar-refractivity contribution is 5.98. The fraction of sp³-hybridized carbons (Fsp3) is 0.900. The lowest BCUT2D eigenvalue weighted by atomic mass is 10.0. The SMILES string of the molecule is C=CCCCCCCCCCCCCCCCCOC(C)O[SiH3]. The summed E-state index contributed by atoms with van der Waals surface area (Å²) in [6.45, 7) is 6.61. The molecule has 1 atom stereocenters. The van der Waals surface area contributed by atoms with Crippen LogP contribution in [0.2, 0.25) is 0 Å². The van der Waals surface area contributed by atoms with Gasteiger partial charge in [-0.05, 0) is 26.2 Å². The predicted molar refractivity (Wildman–Crippen MR) is 106 cm³/mol. The fourth-order valence-corrected chi connectivity index (χ4v) is 2.97. The standard InChI is InChI=1S/C20H42O2Si/c1-3-4-5-6-7-8-9-10-11-12-13-14-15-16-17-18-19-21-20(2)22-23/h3,20H,1,4-19H2,2,23H3. The van der Waals surface area contributed by atoms with Gasteiger partial charge in [0.05, 0.1) is 0 Å². The second-order valence-corrected chi connectivity index (χ2v) is 7.17. The van der Waals surface area contributed by atoms with Crippen LogP contribution in [0.15, 0.2) is 12.7 Å². The molecule has 2 nitrogen and oxygen atoms in total. The minimum atomic E-state index is 0.00816. The first-order chi connectivity index (χ1) is 11.3. The van der Waals surface area contributed by atoms with Gasteiger partial charge in [-0.25, -0.2) is 0 Å². The van der Waals surface area contributed by atoms with E-state index in [0.717, 1.165) is 17.1 Å². The normalized spacial score (nSPS) is 12.6. The fourth-order valence-electron chi connectivity index (χ4n) is 2.83. The van der Waals surface area contributed by atoms with E-state index in [9.17, 15) is 0 Å². The molecule has 0 aliphatic rings. The summed E-state index contributed by atoms with van der Waals surface area (Å²) in [5, 5.41) is 0. The van der Waals surface area contributed by atoms with Crippen LogP contribution in [0.4, 0.5) is 0 Å². The van der Waals surface area contributed by atoms with Crippen molar-refractivity contribution in [3.05, 3.63) is 12.7 Å². The van der Waals surface area contributed by atoms with Gasteiger partial charge in [0.1, 0.15) is 16.8 Å². The van der Waals surface area contributed by atoms with E-state index in [4.69, 9.17) is 9.16 Å². The van der Waals surface area contributed by atoms with Gasteiger partial charge < -0.3 is 9.16 Å². The summed E-state index contributed by atoms with van der Waals surface area (Å²) >= 11 is 0. The zero-order valence-electron chi connectivity index (χ0n) is 16.0. The van der Waals surface area contributed by atoms with Crippen molar-refractivity contribution in [3.63, 3.8) is 0 Å². The summed E-state index contributed by atoms with van der Waals surface area (Å²) in [7, 11) is 0.766. The zero-order chi connectivity index (χ0) is 17.0. The van der Waals surface area contributed by atoms with Crippen LogP contribution in [0, 0.1) is 0 Å². The van der Waals surface area contributed by atoms with E-state index in [2.05, 4.69) is 6.58 Å². The van der Waals surface area contributed by atoms with Crippen LogP contribution in [-0.4, -0.2) is 23.4 Å². The van der Waals surface area contributed by atoms with Crippen LogP contribution in [0.5, 0.6) is 0 Å². The summed E-state index contributed by atoms with van der Waals surface area (Å²) in [6, 6.07) is 0. The number of allylic oxidation sites excluding steroid dienone is 1. The summed E-state index contributed by atoms with van der Waals surface area (Å²) in [4.78, 5) is 0. The lowest BCUT2D eigenvalue weighted by molar-refractivity contribution is -0.0639. The molecule has 0 aliphatic heterocycles. The molecular weight excluding hydrogens is 300 g/mol. The molecular formula is C20H42O2Si. The Kier molecular flexibility index (Phi) is 19.8. The van der Waals surface area contributed by atoms with Gasteiger partial charge in [-0.1, -0.05) is 83.1 Å². The number of ether oxygens (including phenoxy) is 1. The summed E-state index contributed by atoms with van der Waals surface area (Å²) in [6.07, 6.45) is 22.7. The maximum absolute atomic E-state index is 5.52. The van der Waals surface area contributed by atoms with E-state index >= 15 is 0 Å². The van der Waals surface area contributed by atoms with Crippen molar-refractivity contribution in [2.75, 3.05) is 6.61 Å². The molecule has 0 rings (SSSR count). The Balaban J connectivity index is 2.98. The Morgan fingerprint density at radius 3 is 1.52 bits per heavy atom. The maximum atomic E-state index is 5.52. The average Bonchev–Trinajstić information content (AvgIpc) is 2.57. The zero-order valence-corrected chi connectivity index (χ0v) is 18.0. The largest absolute Gasteiger partial charge is 0.404 e. The van der Waals surface area contributed by atoms with Crippen molar-refractivity contribution in [1.82, 2.24) is 0 Å². The Morgan fingerprint density at radius 2 is 1.13 bits per heavy atom. The first-order valence-corrected chi connectivity index (χ1v) is 10.9. The molecule has 138 valence electrons. The number of hydrogen-bond acceptors (Lipinski definition) is 2. The molecule has 0 amide bonds. The van der Waals surface area contributed by atoms with E-state index in [1.165, 1.54) is 96.3 Å². The molecule has 1 unspecified atom stereocenters. The monoisotopic (exact) mass is 342 g/mol. The molecule has 0 aromatic heterocycles. The smallest absolute Gasteiger partial charge is 0.149 e. The molecule has 3 heteroatoms. The van der Waals surface area contributed by atoms with Crippen molar-refractivity contribution >= 4 is 10.5 Å². The Morgan fingerprint density at radius 1 is 0.739 bits per heavy atom. The number of rotatable bonds is 19. The molecule has 0 aromatic rings. The third-order valence-corrected chi connectivity index (χ3v) is 5.15. The molecule has 0 bridgehead atoms. The Hall–Kier alpha value is -0.123. The van der Waals surface area contributed by atoms with Crippen LogP contribution < -0.4 is 0 Å². The first-order valence-electron chi connectivity index (χ1n) is 10.1. The second-order valence-electron chi connectivity index (χ2n) is 6.70. The lowest BCUT2D eigenvalue weighted by Gasteiger charge is -2.10. The van der Waals surface area contributed by atoms with Gasteiger partial charge in [-0.3, -0.25) is 0 Å². The minimum Gasteiger partial charge on any atom is -0.404 e. The van der Waals surface area contributed by atoms with E-state index in [0.29, 0.717) is 0 Å². The van der Waals surface area contributed by atoms with Crippen LogP contribution in [-0.2, 0) is 9.16 Å². The van der Waals surface area contributed by atoms with E-state index in [-0.39, 0.29) is 6.29 Å². The molecule has 0 aliphatic carbocycles. The highest BCUT2D eigenvalue weighted by atomic mass is 28.2. The summed E-state index contributed by atoms with van der Waals surface area (Å²) in [5.41, 5.74) is 0. The van der Waals surface area contributed by atoms with E-state index in [1.54, 1.807) is 0 Å². The molecule has 0 radical (unpaired) electrons. The number of unbranched alkanes of at least 4 members (excludes halogenated alkanes) is 14. The van der Waals surface area contributed by atoms with Gasteiger partial charge in [0.2, 0.25) is 0 Å². The van der Waals surface area contributed by atoms with Crippen molar-refractivity contribution in [1.29, 1.82) is 0 Å². The maximum Gasteiger partial charge on any atom is 0.149 e. The molecule has 0 fully saturated rings. The Labute approximate surface area is 149 Å². The van der Waals surface area contributed by atoms with Gasteiger partial charge in [-0.2, -0.15) is 0 Å². The third-order valence-electron chi connectivity index (χ3n) is 4.49. The topological polar surface area (TPSA) is 18.5 Å². The second kappa shape index (κ2) is 19.9. The molecule has 0 spiro atoms. The molecule has 0 aromatic carbocycles. The summed E-state index contributed by atoms with van der Waals surface area (Å²) in [5.74, 6) is 0.